The number of thiocarbonyl (C=S) groups is 1. The Hall–Kier alpha value is -5.70. The number of hydrogen-bond donors (Lipinski definition) is 3. The third-order valence-electron chi connectivity index (χ3n) is 9.91. The number of nitrogens with one attached hydrogen (secondary N) is 3. The standard InChI is InChI=1S/C39H38ClF3N8O5S/c1-23(34(53)46-26-6-4-5-25(19-26)45-31-10-12-33(52)47-35(31)54)49-15-13-48(14-16-49)17-18-56-32-11-9-28(21-30(32)40)51-37(57)50(36(55)38(51,2)3)27-8-7-24(22-44)29(20-27)39(41,42)43/h4-9,11,19-21,31,45H,1,10,12-18H2,2-3H3,(H,46,53)(H,47,52,54)/t31-/m1/s1. The lowest BCUT2D eigenvalue weighted by Crippen LogP contribution is -2.48. The number of imide groups is 1. The Bertz CT molecular complexity index is 2190. The predicted molar refractivity (Wildman–Crippen MR) is 212 cm³/mol. The van der Waals surface area contributed by atoms with Crippen LogP contribution >= 0.6 is 23.8 Å². The number of carbonyl (C=O) groups is 4. The van der Waals surface area contributed by atoms with Crippen molar-refractivity contribution in [2.75, 3.05) is 59.8 Å². The Morgan fingerprint density at radius 3 is 2.42 bits per heavy atom. The molecule has 1 atom stereocenters. The lowest BCUT2D eigenvalue weighted by atomic mass is 10.0. The summed E-state index contributed by atoms with van der Waals surface area (Å²) in [4.78, 5) is 56.8. The number of nitriles is 1. The fourth-order valence-corrected chi connectivity index (χ4v) is 7.55. The number of hydrogen-bond acceptors (Lipinski definition) is 10. The van der Waals surface area contributed by atoms with Gasteiger partial charge in [-0.25, -0.2) is 0 Å². The van der Waals surface area contributed by atoms with Crippen LogP contribution in [-0.4, -0.2) is 89.5 Å². The summed E-state index contributed by atoms with van der Waals surface area (Å²) in [6, 6.07) is 15.8. The molecule has 3 saturated heterocycles. The van der Waals surface area contributed by atoms with Gasteiger partial charge in [-0.1, -0.05) is 24.2 Å². The Kier molecular flexibility index (Phi) is 11.8. The molecule has 18 heteroatoms. The molecule has 4 amide bonds. The average Bonchev–Trinajstić information content (AvgIpc) is 3.34. The molecule has 3 aromatic rings. The summed E-state index contributed by atoms with van der Waals surface area (Å²) in [6.07, 6.45) is -4.19. The van der Waals surface area contributed by atoms with E-state index in [4.69, 9.17) is 28.6 Å². The molecular formula is C39H38ClF3N8O5S. The Morgan fingerprint density at radius 2 is 1.75 bits per heavy atom. The van der Waals surface area contributed by atoms with E-state index >= 15 is 0 Å². The molecule has 0 bridgehead atoms. The first-order chi connectivity index (χ1) is 27.0. The molecule has 0 radical (unpaired) electrons. The van der Waals surface area contributed by atoms with Crippen LogP contribution in [0.3, 0.4) is 0 Å². The number of halogens is 4. The molecule has 6 rings (SSSR count). The van der Waals surface area contributed by atoms with Gasteiger partial charge in [-0.3, -0.25) is 34.3 Å². The first-order valence-corrected chi connectivity index (χ1v) is 18.7. The predicted octanol–water partition coefficient (Wildman–Crippen LogP) is 5.51. The molecule has 13 nitrogen and oxygen atoms in total. The molecule has 3 aliphatic heterocycles. The molecule has 3 N–H and O–H groups in total. The van der Waals surface area contributed by atoms with E-state index in [1.807, 2.05) is 4.90 Å². The highest BCUT2D eigenvalue weighted by atomic mass is 35.5. The van der Waals surface area contributed by atoms with Crippen molar-refractivity contribution in [3.8, 4) is 11.8 Å². The van der Waals surface area contributed by atoms with Crippen molar-refractivity contribution in [1.29, 1.82) is 5.26 Å². The summed E-state index contributed by atoms with van der Waals surface area (Å²) in [5, 5.41) is 17.6. The van der Waals surface area contributed by atoms with Crippen LogP contribution in [0.15, 0.2) is 72.9 Å². The van der Waals surface area contributed by atoms with Crippen molar-refractivity contribution in [3.63, 3.8) is 0 Å². The molecule has 3 aromatic carbocycles. The highest BCUT2D eigenvalue weighted by Gasteiger charge is 2.51. The Morgan fingerprint density at radius 1 is 1.05 bits per heavy atom. The van der Waals surface area contributed by atoms with Crippen molar-refractivity contribution in [3.05, 3.63) is 89.1 Å². The van der Waals surface area contributed by atoms with Gasteiger partial charge in [0, 0.05) is 56.2 Å². The number of ether oxygens (including phenoxy) is 1. The maximum Gasteiger partial charge on any atom is 0.417 e. The number of amides is 4. The summed E-state index contributed by atoms with van der Waals surface area (Å²) < 4.78 is 47.1. The fourth-order valence-electron chi connectivity index (χ4n) is 6.80. The summed E-state index contributed by atoms with van der Waals surface area (Å²) >= 11 is 12.2. The average molecular weight is 823 g/mol. The second kappa shape index (κ2) is 16.4. The van der Waals surface area contributed by atoms with Gasteiger partial charge in [0.05, 0.1) is 33.6 Å². The Balaban J connectivity index is 0.993. The van der Waals surface area contributed by atoms with Crippen LogP contribution in [0.4, 0.5) is 35.9 Å². The van der Waals surface area contributed by atoms with E-state index in [0.29, 0.717) is 74.3 Å². The van der Waals surface area contributed by atoms with E-state index in [-0.39, 0.29) is 40.0 Å². The zero-order valence-corrected chi connectivity index (χ0v) is 32.5. The largest absolute Gasteiger partial charge is 0.491 e. The summed E-state index contributed by atoms with van der Waals surface area (Å²) in [6.45, 7) is 10.5. The van der Waals surface area contributed by atoms with Crippen LogP contribution in [0.1, 0.15) is 37.8 Å². The molecule has 0 aliphatic carbocycles. The molecule has 0 spiro atoms. The van der Waals surface area contributed by atoms with Crippen LogP contribution < -0.4 is 30.5 Å². The molecule has 0 saturated carbocycles. The first-order valence-electron chi connectivity index (χ1n) is 17.9. The molecule has 0 unspecified atom stereocenters. The van der Waals surface area contributed by atoms with Crippen molar-refractivity contribution in [2.24, 2.45) is 0 Å². The van der Waals surface area contributed by atoms with Crippen LogP contribution in [-0.2, 0) is 25.4 Å². The first kappa shape index (κ1) is 40.9. The zero-order chi connectivity index (χ0) is 41.2. The van der Waals surface area contributed by atoms with Gasteiger partial charge in [0.1, 0.15) is 23.9 Å². The summed E-state index contributed by atoms with van der Waals surface area (Å²) in [5.41, 5.74) is -1.25. The number of anilines is 4. The lowest BCUT2D eigenvalue weighted by molar-refractivity contribution is -0.138. The minimum Gasteiger partial charge on any atom is -0.491 e. The molecule has 3 heterocycles. The SMILES string of the molecule is C=C(C(=O)Nc1cccc(N[C@@H]2CCC(=O)NC2=O)c1)N1CCN(CCOc2ccc(N3C(=S)N(c4ccc(C#N)c(C(F)(F)F)c4)C(=O)C3(C)C)cc2Cl)CC1. The Labute approximate surface area is 337 Å². The smallest absolute Gasteiger partial charge is 0.417 e. The zero-order valence-electron chi connectivity index (χ0n) is 30.9. The number of rotatable bonds is 11. The lowest BCUT2D eigenvalue weighted by Gasteiger charge is -2.36. The quantitative estimate of drug-likeness (QED) is 0.128. The fraction of sp³-hybridized carbons (Fsp3) is 0.333. The van der Waals surface area contributed by atoms with Crippen LogP contribution in [0.2, 0.25) is 5.02 Å². The molecule has 3 aliphatic rings. The van der Waals surface area contributed by atoms with Gasteiger partial charge in [0.25, 0.3) is 11.8 Å². The minimum absolute atomic E-state index is 0.0552. The molecule has 3 fully saturated rings. The summed E-state index contributed by atoms with van der Waals surface area (Å²) in [7, 11) is 0. The summed E-state index contributed by atoms with van der Waals surface area (Å²) in [5.74, 6) is -1.22. The van der Waals surface area contributed by atoms with Gasteiger partial charge < -0.3 is 25.2 Å². The monoisotopic (exact) mass is 822 g/mol. The van der Waals surface area contributed by atoms with Crippen molar-refractivity contribution in [2.45, 2.75) is 44.4 Å². The van der Waals surface area contributed by atoms with E-state index in [9.17, 15) is 37.6 Å². The van der Waals surface area contributed by atoms with Crippen molar-refractivity contribution < 1.29 is 37.1 Å². The van der Waals surface area contributed by atoms with E-state index in [0.717, 1.165) is 17.0 Å². The normalized spacial score (nSPS) is 18.6. The molecular weight excluding hydrogens is 785 g/mol. The second-order valence-corrected chi connectivity index (χ2v) is 14.9. The van der Waals surface area contributed by atoms with Gasteiger partial charge >= 0.3 is 6.18 Å². The van der Waals surface area contributed by atoms with Gasteiger partial charge in [0.2, 0.25) is 11.8 Å². The molecule has 0 aromatic heterocycles. The number of carbonyl (C=O) groups excluding carboxylic acids is 4. The minimum atomic E-state index is -4.82. The maximum atomic E-state index is 13.7. The van der Waals surface area contributed by atoms with Crippen molar-refractivity contribution in [1.82, 2.24) is 15.1 Å². The number of piperidine rings is 1. The van der Waals surface area contributed by atoms with E-state index in [2.05, 4.69) is 27.4 Å². The second-order valence-electron chi connectivity index (χ2n) is 14.1. The topological polar surface area (TPSA) is 150 Å². The van der Waals surface area contributed by atoms with Gasteiger partial charge in [-0.05, 0) is 87.1 Å². The van der Waals surface area contributed by atoms with Gasteiger partial charge in [0.15, 0.2) is 5.11 Å². The van der Waals surface area contributed by atoms with E-state index in [1.54, 1.807) is 56.3 Å². The maximum absolute atomic E-state index is 13.7. The third kappa shape index (κ3) is 8.83. The molecule has 298 valence electrons. The highest BCUT2D eigenvalue weighted by Crippen LogP contribution is 2.41. The number of alkyl halides is 3. The third-order valence-corrected chi connectivity index (χ3v) is 10.6. The molecule has 57 heavy (non-hydrogen) atoms. The van der Waals surface area contributed by atoms with Crippen LogP contribution in [0, 0.1) is 11.3 Å². The number of nitrogens with zero attached hydrogens (tertiary/aromatic N) is 5. The number of piperazine rings is 1. The van der Waals surface area contributed by atoms with Gasteiger partial charge in [-0.2, -0.15) is 18.4 Å². The van der Waals surface area contributed by atoms with E-state index < -0.39 is 34.8 Å². The van der Waals surface area contributed by atoms with Crippen LogP contribution in [0.5, 0.6) is 5.75 Å². The van der Waals surface area contributed by atoms with Gasteiger partial charge in [-0.15, -0.1) is 0 Å². The van der Waals surface area contributed by atoms with Crippen LogP contribution in [0.25, 0.3) is 0 Å². The van der Waals surface area contributed by atoms with E-state index in [1.165, 1.54) is 17.0 Å². The number of benzene rings is 3. The van der Waals surface area contributed by atoms with Crippen molar-refractivity contribution >= 4 is 75.3 Å². The highest BCUT2D eigenvalue weighted by molar-refractivity contribution is 7.81.